The van der Waals surface area contributed by atoms with Crippen LogP contribution in [0.25, 0.3) is 0 Å². The van der Waals surface area contributed by atoms with Crippen molar-refractivity contribution in [3.63, 3.8) is 0 Å². The molecule has 2 aromatic rings. The molecule has 1 aliphatic rings. The molecule has 1 saturated heterocycles. The minimum absolute atomic E-state index is 0.157. The predicted molar refractivity (Wildman–Crippen MR) is 86.2 cm³/mol. The van der Waals surface area contributed by atoms with Crippen LogP contribution in [0.2, 0.25) is 0 Å². The predicted octanol–water partition coefficient (Wildman–Crippen LogP) is 1.48. The van der Waals surface area contributed by atoms with Crippen LogP contribution in [0.1, 0.15) is 10.6 Å². The molecular weight excluding hydrogens is 348 g/mol. The fraction of sp³-hybridized carbons (Fsp3) is 0.235. The van der Waals surface area contributed by atoms with Crippen LogP contribution in [0, 0.1) is 11.6 Å². The number of carbonyl (C=O) groups excluding carboxylic acids is 3. The van der Waals surface area contributed by atoms with Crippen LogP contribution in [0.3, 0.4) is 0 Å². The fourth-order valence-electron chi connectivity index (χ4n) is 2.58. The molecule has 1 N–H and O–H groups in total. The number of carbonyl (C=O) groups is 3. The lowest BCUT2D eigenvalue weighted by Gasteiger charge is -2.33. The van der Waals surface area contributed by atoms with Crippen molar-refractivity contribution in [2.45, 2.75) is 0 Å². The third kappa shape index (κ3) is 3.71. The number of anilines is 1. The largest absolute Gasteiger partial charge is 0.459 e. The second kappa shape index (κ2) is 7.34. The average molecular weight is 363 g/mol. The highest BCUT2D eigenvalue weighted by Crippen LogP contribution is 2.15. The lowest BCUT2D eigenvalue weighted by molar-refractivity contribution is -0.144. The molecule has 1 aromatic heterocycles. The standard InChI is InChI=1S/C17H15F2N3O4/c18-11-3-4-13(12(19)10-11)20-15(23)17(25)22-7-5-21(6-8-22)16(24)14-2-1-9-26-14/h1-4,9-10H,5-8H2,(H,20,23). The summed E-state index contributed by atoms with van der Waals surface area (Å²) in [5.41, 5.74) is -0.281. The van der Waals surface area contributed by atoms with Gasteiger partial charge in [-0.15, -0.1) is 0 Å². The van der Waals surface area contributed by atoms with Crippen molar-refractivity contribution in [1.82, 2.24) is 9.80 Å². The maximum Gasteiger partial charge on any atom is 0.313 e. The van der Waals surface area contributed by atoms with E-state index in [0.29, 0.717) is 6.07 Å². The summed E-state index contributed by atoms with van der Waals surface area (Å²) in [7, 11) is 0. The van der Waals surface area contributed by atoms with E-state index in [4.69, 9.17) is 4.42 Å². The average Bonchev–Trinajstić information content (AvgIpc) is 3.17. The maximum atomic E-state index is 13.6. The number of rotatable bonds is 2. The van der Waals surface area contributed by atoms with Crippen LogP contribution in [0.15, 0.2) is 41.0 Å². The Labute approximate surface area is 147 Å². The number of nitrogens with zero attached hydrogens (tertiary/aromatic N) is 2. The summed E-state index contributed by atoms with van der Waals surface area (Å²) in [5.74, 6) is -3.72. The number of halogens is 2. The number of hydrogen-bond acceptors (Lipinski definition) is 4. The number of benzene rings is 1. The van der Waals surface area contributed by atoms with Crippen LogP contribution < -0.4 is 5.32 Å². The van der Waals surface area contributed by atoms with Gasteiger partial charge in [-0.25, -0.2) is 8.78 Å². The molecule has 0 bridgehead atoms. The van der Waals surface area contributed by atoms with Gasteiger partial charge in [0.15, 0.2) is 5.76 Å². The van der Waals surface area contributed by atoms with Gasteiger partial charge in [0.1, 0.15) is 11.6 Å². The van der Waals surface area contributed by atoms with Gasteiger partial charge < -0.3 is 19.5 Å². The molecule has 0 unspecified atom stereocenters. The zero-order valence-corrected chi connectivity index (χ0v) is 13.6. The summed E-state index contributed by atoms with van der Waals surface area (Å²) >= 11 is 0. The van der Waals surface area contributed by atoms with Crippen molar-refractivity contribution in [2.75, 3.05) is 31.5 Å². The Morgan fingerprint density at radius 1 is 1.00 bits per heavy atom. The molecule has 7 nitrogen and oxygen atoms in total. The van der Waals surface area contributed by atoms with Crippen LogP contribution in [0.5, 0.6) is 0 Å². The molecule has 0 spiro atoms. The summed E-state index contributed by atoms with van der Waals surface area (Å²) in [6.45, 7) is 0.794. The fourth-order valence-corrected chi connectivity index (χ4v) is 2.58. The zero-order chi connectivity index (χ0) is 18.7. The molecule has 0 radical (unpaired) electrons. The molecule has 136 valence electrons. The van der Waals surface area contributed by atoms with Crippen LogP contribution >= 0.6 is 0 Å². The molecule has 1 aromatic carbocycles. The Balaban J connectivity index is 1.56. The first kappa shape index (κ1) is 17.6. The molecule has 1 aliphatic heterocycles. The molecular formula is C17H15F2N3O4. The van der Waals surface area contributed by atoms with Gasteiger partial charge in [-0.1, -0.05) is 0 Å². The summed E-state index contributed by atoms with van der Waals surface area (Å²) < 4.78 is 31.5. The number of furan rings is 1. The number of piperazine rings is 1. The molecule has 2 heterocycles. The maximum absolute atomic E-state index is 13.6. The van der Waals surface area contributed by atoms with Gasteiger partial charge in [0.2, 0.25) is 0 Å². The molecule has 0 aliphatic carbocycles. The molecule has 0 atom stereocenters. The molecule has 9 heteroatoms. The van der Waals surface area contributed by atoms with E-state index in [9.17, 15) is 23.2 Å². The molecule has 3 amide bonds. The number of hydrogen-bond donors (Lipinski definition) is 1. The van der Waals surface area contributed by atoms with E-state index in [1.807, 2.05) is 0 Å². The Morgan fingerprint density at radius 2 is 1.69 bits per heavy atom. The van der Waals surface area contributed by atoms with E-state index in [0.717, 1.165) is 12.1 Å². The highest BCUT2D eigenvalue weighted by atomic mass is 19.1. The summed E-state index contributed by atoms with van der Waals surface area (Å²) in [5, 5.41) is 2.12. The van der Waals surface area contributed by atoms with E-state index in [2.05, 4.69) is 5.32 Å². The summed E-state index contributed by atoms with van der Waals surface area (Å²) in [6.07, 6.45) is 1.39. The van der Waals surface area contributed by atoms with Gasteiger partial charge in [-0.05, 0) is 24.3 Å². The molecule has 26 heavy (non-hydrogen) atoms. The number of nitrogens with one attached hydrogen (secondary N) is 1. The van der Waals surface area contributed by atoms with Crippen molar-refractivity contribution >= 4 is 23.4 Å². The highest BCUT2D eigenvalue weighted by molar-refractivity contribution is 6.39. The van der Waals surface area contributed by atoms with E-state index in [1.165, 1.54) is 16.1 Å². The molecule has 3 rings (SSSR count). The van der Waals surface area contributed by atoms with Crippen LogP contribution in [-0.2, 0) is 9.59 Å². The van der Waals surface area contributed by atoms with Gasteiger partial charge in [0.25, 0.3) is 5.91 Å². The highest BCUT2D eigenvalue weighted by Gasteiger charge is 2.29. The first-order valence-electron chi connectivity index (χ1n) is 7.84. The Kier molecular flexibility index (Phi) is 4.97. The second-order valence-corrected chi connectivity index (χ2v) is 5.64. The SMILES string of the molecule is O=C(Nc1ccc(F)cc1F)C(=O)N1CCN(C(=O)c2ccco2)CC1. The van der Waals surface area contributed by atoms with Crippen molar-refractivity contribution in [2.24, 2.45) is 0 Å². The summed E-state index contributed by atoms with van der Waals surface area (Å²) in [6, 6.07) is 5.77. The van der Waals surface area contributed by atoms with Gasteiger partial charge in [-0.3, -0.25) is 14.4 Å². The van der Waals surface area contributed by atoms with E-state index < -0.39 is 23.4 Å². The lowest BCUT2D eigenvalue weighted by atomic mass is 10.2. The third-order valence-corrected chi connectivity index (χ3v) is 3.96. The van der Waals surface area contributed by atoms with Crippen molar-refractivity contribution in [3.05, 3.63) is 54.0 Å². The minimum atomic E-state index is -1.03. The topological polar surface area (TPSA) is 82.9 Å². The zero-order valence-electron chi connectivity index (χ0n) is 13.6. The van der Waals surface area contributed by atoms with Crippen LogP contribution in [0.4, 0.5) is 14.5 Å². The Hall–Kier alpha value is -3.23. The van der Waals surface area contributed by atoms with Gasteiger partial charge >= 0.3 is 11.8 Å². The Morgan fingerprint density at radius 3 is 2.31 bits per heavy atom. The third-order valence-electron chi connectivity index (χ3n) is 3.96. The van der Waals surface area contributed by atoms with Crippen LogP contribution in [-0.4, -0.2) is 53.7 Å². The van der Waals surface area contributed by atoms with Gasteiger partial charge in [-0.2, -0.15) is 0 Å². The first-order valence-corrected chi connectivity index (χ1v) is 7.84. The Bertz CT molecular complexity index is 831. The minimum Gasteiger partial charge on any atom is -0.459 e. The van der Waals surface area contributed by atoms with E-state index >= 15 is 0 Å². The van der Waals surface area contributed by atoms with Crippen molar-refractivity contribution in [1.29, 1.82) is 0 Å². The van der Waals surface area contributed by atoms with Gasteiger partial charge in [0, 0.05) is 32.2 Å². The van der Waals surface area contributed by atoms with Gasteiger partial charge in [0.05, 0.1) is 12.0 Å². The van der Waals surface area contributed by atoms with E-state index in [-0.39, 0.29) is 43.5 Å². The summed E-state index contributed by atoms with van der Waals surface area (Å²) in [4.78, 5) is 39.1. The van der Waals surface area contributed by atoms with Crippen molar-refractivity contribution < 1.29 is 27.6 Å². The van der Waals surface area contributed by atoms with E-state index in [1.54, 1.807) is 12.1 Å². The molecule has 1 fully saturated rings. The number of amides is 3. The smallest absolute Gasteiger partial charge is 0.313 e. The normalized spacial score (nSPS) is 14.2. The monoisotopic (exact) mass is 363 g/mol. The first-order chi connectivity index (χ1) is 12.5. The lowest BCUT2D eigenvalue weighted by Crippen LogP contribution is -2.53. The quantitative estimate of drug-likeness (QED) is 0.820. The van der Waals surface area contributed by atoms with Crippen molar-refractivity contribution in [3.8, 4) is 0 Å². The second-order valence-electron chi connectivity index (χ2n) is 5.64. The molecule has 0 saturated carbocycles.